The Morgan fingerprint density at radius 3 is 2.32 bits per heavy atom. The number of aromatic nitrogens is 3. The second-order valence-corrected chi connectivity index (χ2v) is 11.9. The van der Waals surface area contributed by atoms with Crippen LogP contribution in [-0.4, -0.2) is 48.2 Å². The molecule has 3 heterocycles. The quantitative estimate of drug-likeness (QED) is 0.277. The van der Waals surface area contributed by atoms with E-state index < -0.39 is 33.2 Å². The Labute approximate surface area is 236 Å². The number of anilines is 1. The van der Waals surface area contributed by atoms with E-state index in [4.69, 9.17) is 4.74 Å². The monoisotopic (exact) mass is 585 g/mol. The van der Waals surface area contributed by atoms with Gasteiger partial charge in [0.05, 0.1) is 11.9 Å². The fourth-order valence-corrected chi connectivity index (χ4v) is 5.95. The maximum absolute atomic E-state index is 14.6. The highest BCUT2D eigenvalue weighted by atomic mass is 32.2. The average molecular weight is 586 g/mol. The van der Waals surface area contributed by atoms with Crippen LogP contribution in [0.25, 0.3) is 11.3 Å². The van der Waals surface area contributed by atoms with E-state index in [1.165, 1.54) is 16.9 Å². The number of benzene rings is 2. The van der Waals surface area contributed by atoms with Gasteiger partial charge in [0.25, 0.3) is 10.0 Å². The number of ether oxygens (including phenoxy) is 1. The van der Waals surface area contributed by atoms with E-state index in [0.29, 0.717) is 11.5 Å². The number of rotatable bonds is 7. The highest BCUT2D eigenvalue weighted by molar-refractivity contribution is 7.92. The van der Waals surface area contributed by atoms with Crippen molar-refractivity contribution in [3.05, 3.63) is 83.7 Å². The zero-order valence-electron chi connectivity index (χ0n) is 22.8. The van der Waals surface area contributed by atoms with Gasteiger partial charge in [0.1, 0.15) is 27.8 Å². The van der Waals surface area contributed by atoms with Crippen LogP contribution >= 0.6 is 0 Å². The predicted molar refractivity (Wildman–Crippen MR) is 149 cm³/mol. The van der Waals surface area contributed by atoms with Gasteiger partial charge in [-0.1, -0.05) is 36.4 Å². The summed E-state index contributed by atoms with van der Waals surface area (Å²) in [6, 6.07) is 14.4. The molecule has 0 amide bonds. The van der Waals surface area contributed by atoms with Gasteiger partial charge in [-0.15, -0.1) is 0 Å². The first-order valence-corrected chi connectivity index (χ1v) is 14.5. The molecule has 0 radical (unpaired) electrons. The Balaban J connectivity index is 1.58. The first kappa shape index (κ1) is 28.6. The summed E-state index contributed by atoms with van der Waals surface area (Å²) in [5.41, 5.74) is 0.285. The zero-order chi connectivity index (χ0) is 29.4. The number of nitrogens with one attached hydrogen (secondary N) is 1. The Bertz CT molecular complexity index is 1650. The van der Waals surface area contributed by atoms with E-state index in [-0.39, 0.29) is 22.0 Å². The Kier molecular flexibility index (Phi) is 7.80. The third-order valence-corrected chi connectivity index (χ3v) is 8.50. The fraction of sp³-hybridized carbons (Fsp3) is 0.310. The topological polar surface area (TPSA) is 89.3 Å². The van der Waals surface area contributed by atoms with Crippen molar-refractivity contribution in [2.24, 2.45) is 7.05 Å². The molecular formula is C29H30F3N5O3S. The summed E-state index contributed by atoms with van der Waals surface area (Å²) < 4.78 is 79.4. The average Bonchev–Trinajstić information content (AvgIpc) is 3.36. The lowest BCUT2D eigenvalue weighted by Crippen LogP contribution is -2.29. The van der Waals surface area contributed by atoms with Crippen molar-refractivity contribution in [1.29, 1.82) is 0 Å². The van der Waals surface area contributed by atoms with Crippen LogP contribution in [0.3, 0.4) is 0 Å². The first-order chi connectivity index (χ1) is 19.4. The summed E-state index contributed by atoms with van der Waals surface area (Å²) in [5.74, 6) is -0.331. The lowest BCUT2D eigenvalue weighted by molar-refractivity contribution is -0.138. The molecule has 0 aliphatic carbocycles. The Morgan fingerprint density at radius 1 is 1.02 bits per heavy atom. The van der Waals surface area contributed by atoms with Crippen LogP contribution in [0, 0.1) is 6.92 Å². The van der Waals surface area contributed by atoms with Crippen molar-refractivity contribution < 1.29 is 26.3 Å². The van der Waals surface area contributed by atoms with Crippen molar-refractivity contribution in [2.75, 3.05) is 24.9 Å². The molecule has 0 unspecified atom stereocenters. The number of halogens is 3. The summed E-state index contributed by atoms with van der Waals surface area (Å²) in [6.45, 7) is 3.62. The third kappa shape index (κ3) is 6.38. The molecule has 216 valence electrons. The molecule has 1 aliphatic heterocycles. The summed E-state index contributed by atoms with van der Waals surface area (Å²) in [7, 11) is -0.567. The van der Waals surface area contributed by atoms with E-state index in [0.717, 1.165) is 43.8 Å². The fourth-order valence-electron chi connectivity index (χ4n) is 4.97. The standard InChI is InChI=1S/C29H30F3N5O3S/c1-19-6-4-5-7-24(19)28-27(29(30,31)32)25(16-26(34-28)35-41(38,39)23-17-33-37(3)18-23)40-22-10-8-20(9-11-22)21-12-14-36(2)15-13-21/h4-11,16-18,21H,12-15H2,1-3H3,(H,34,35). The van der Waals surface area contributed by atoms with Gasteiger partial charge in [0.2, 0.25) is 0 Å². The minimum atomic E-state index is -4.85. The number of nitrogens with zero attached hydrogens (tertiary/aromatic N) is 4. The van der Waals surface area contributed by atoms with E-state index in [1.54, 1.807) is 44.3 Å². The van der Waals surface area contributed by atoms with Gasteiger partial charge in [-0.3, -0.25) is 9.40 Å². The second-order valence-electron chi connectivity index (χ2n) is 10.2. The van der Waals surface area contributed by atoms with Gasteiger partial charge in [-0.05, 0) is 69.1 Å². The zero-order valence-corrected chi connectivity index (χ0v) is 23.6. The van der Waals surface area contributed by atoms with Crippen molar-refractivity contribution in [3.8, 4) is 22.8 Å². The minimum absolute atomic E-state index is 0.161. The first-order valence-electron chi connectivity index (χ1n) is 13.1. The van der Waals surface area contributed by atoms with Crippen LogP contribution in [0.2, 0.25) is 0 Å². The number of likely N-dealkylation sites (tertiary alicyclic amines) is 1. The lowest BCUT2D eigenvalue weighted by Gasteiger charge is -2.29. The molecule has 0 spiro atoms. The molecule has 0 atom stereocenters. The van der Waals surface area contributed by atoms with Crippen molar-refractivity contribution in [2.45, 2.75) is 36.8 Å². The van der Waals surface area contributed by atoms with E-state index >= 15 is 0 Å². The van der Waals surface area contributed by atoms with Gasteiger partial charge >= 0.3 is 6.18 Å². The highest BCUT2D eigenvalue weighted by Gasteiger charge is 2.40. The minimum Gasteiger partial charge on any atom is -0.457 e. The van der Waals surface area contributed by atoms with Gasteiger partial charge in [-0.25, -0.2) is 13.4 Å². The third-order valence-electron chi connectivity index (χ3n) is 7.20. The molecule has 12 heteroatoms. The molecule has 1 fully saturated rings. The summed E-state index contributed by atoms with van der Waals surface area (Å²) in [5, 5.41) is 3.87. The normalized spacial score (nSPS) is 15.2. The molecule has 0 bridgehead atoms. The number of pyridine rings is 1. The van der Waals surface area contributed by atoms with Crippen molar-refractivity contribution in [1.82, 2.24) is 19.7 Å². The molecule has 0 saturated carbocycles. The van der Waals surface area contributed by atoms with Crippen molar-refractivity contribution >= 4 is 15.8 Å². The second kappa shape index (κ2) is 11.2. The SMILES string of the molecule is Cc1ccccc1-c1nc(NS(=O)(=O)c2cnn(C)c2)cc(Oc2ccc(C3CCN(C)CC3)cc2)c1C(F)(F)F. The van der Waals surface area contributed by atoms with Gasteiger partial charge in [0, 0.05) is 24.9 Å². The summed E-state index contributed by atoms with van der Waals surface area (Å²) in [4.78, 5) is 6.26. The van der Waals surface area contributed by atoms with Crippen molar-refractivity contribution in [3.63, 3.8) is 0 Å². The molecule has 4 aromatic rings. The van der Waals surface area contributed by atoms with Crippen LogP contribution < -0.4 is 9.46 Å². The van der Waals surface area contributed by atoms with Gasteiger partial charge in [0.15, 0.2) is 0 Å². The number of alkyl halides is 3. The smallest absolute Gasteiger partial charge is 0.422 e. The van der Waals surface area contributed by atoms with Gasteiger partial charge < -0.3 is 9.64 Å². The lowest BCUT2D eigenvalue weighted by atomic mass is 9.90. The number of hydrogen-bond acceptors (Lipinski definition) is 6. The number of aryl methyl sites for hydroxylation is 2. The van der Waals surface area contributed by atoms with E-state index in [9.17, 15) is 21.6 Å². The largest absolute Gasteiger partial charge is 0.457 e. The highest BCUT2D eigenvalue weighted by Crippen LogP contribution is 2.45. The molecule has 1 aliphatic rings. The summed E-state index contributed by atoms with van der Waals surface area (Å²) in [6.07, 6.45) is -0.441. The van der Waals surface area contributed by atoms with Crippen LogP contribution in [0.4, 0.5) is 19.0 Å². The van der Waals surface area contributed by atoms with E-state index in [1.807, 2.05) is 12.1 Å². The number of piperidine rings is 1. The van der Waals surface area contributed by atoms with Crippen LogP contribution in [0.1, 0.15) is 35.4 Å². The van der Waals surface area contributed by atoms with Crippen LogP contribution in [0.15, 0.2) is 71.9 Å². The molecule has 2 aromatic carbocycles. The van der Waals surface area contributed by atoms with Crippen LogP contribution in [0.5, 0.6) is 11.5 Å². The molecule has 1 N–H and O–H groups in total. The van der Waals surface area contributed by atoms with Gasteiger partial charge in [-0.2, -0.15) is 18.3 Å². The predicted octanol–water partition coefficient (Wildman–Crippen LogP) is 6.21. The molecule has 41 heavy (non-hydrogen) atoms. The van der Waals surface area contributed by atoms with Crippen LogP contribution in [-0.2, 0) is 23.2 Å². The maximum Gasteiger partial charge on any atom is 0.422 e. The molecule has 1 saturated heterocycles. The Hall–Kier alpha value is -3.90. The molecular weight excluding hydrogens is 555 g/mol. The molecule has 2 aromatic heterocycles. The number of sulfonamides is 1. The number of hydrogen-bond donors (Lipinski definition) is 1. The van der Waals surface area contributed by atoms with E-state index in [2.05, 4.69) is 26.8 Å². The summed E-state index contributed by atoms with van der Waals surface area (Å²) >= 11 is 0. The maximum atomic E-state index is 14.6. The molecule has 8 nitrogen and oxygen atoms in total. The molecule has 5 rings (SSSR count). The Morgan fingerprint density at radius 2 is 1.71 bits per heavy atom.